The van der Waals surface area contributed by atoms with Gasteiger partial charge in [0.15, 0.2) is 0 Å². The molecule has 24 heavy (non-hydrogen) atoms. The Morgan fingerprint density at radius 3 is 2.42 bits per heavy atom. The lowest BCUT2D eigenvalue weighted by atomic mass is 10.0. The number of aliphatic hydroxyl groups excluding tert-OH is 1. The summed E-state index contributed by atoms with van der Waals surface area (Å²) in [7, 11) is 3.28. The zero-order valence-electron chi connectivity index (χ0n) is 14.2. The molecular weight excluding hydrogens is 302 g/mol. The number of ether oxygens (including phenoxy) is 1. The van der Waals surface area contributed by atoms with E-state index >= 15 is 0 Å². The molecule has 2 rings (SSSR count). The number of hydrogen-bond acceptors (Lipinski definition) is 3. The third-order valence-electron chi connectivity index (χ3n) is 4.10. The second-order valence-electron chi connectivity index (χ2n) is 5.62. The molecule has 1 N–H and O–H groups in total. The van der Waals surface area contributed by atoms with E-state index in [0.717, 1.165) is 11.1 Å². The zero-order chi connectivity index (χ0) is 17.5. The number of nitrogens with zero attached hydrogens (tertiary/aromatic N) is 1. The van der Waals surface area contributed by atoms with Gasteiger partial charge in [0, 0.05) is 18.7 Å². The van der Waals surface area contributed by atoms with Crippen LogP contribution in [0.25, 0.3) is 6.08 Å². The van der Waals surface area contributed by atoms with Crippen LogP contribution in [0, 0.1) is 0 Å². The Morgan fingerprint density at radius 2 is 1.75 bits per heavy atom. The first-order valence-corrected chi connectivity index (χ1v) is 7.85. The molecule has 2 atom stereocenters. The Morgan fingerprint density at radius 1 is 1.12 bits per heavy atom. The van der Waals surface area contributed by atoms with Crippen molar-refractivity contribution in [1.82, 2.24) is 4.90 Å². The van der Waals surface area contributed by atoms with Gasteiger partial charge in [0.05, 0.1) is 19.3 Å². The first kappa shape index (κ1) is 17.8. The molecule has 4 heteroatoms. The van der Waals surface area contributed by atoms with Crippen molar-refractivity contribution in [2.45, 2.75) is 19.1 Å². The van der Waals surface area contributed by atoms with E-state index in [1.165, 1.54) is 11.0 Å². The summed E-state index contributed by atoms with van der Waals surface area (Å²) in [5, 5.41) is 10.4. The van der Waals surface area contributed by atoms with Crippen LogP contribution in [0.2, 0.25) is 0 Å². The van der Waals surface area contributed by atoms with Gasteiger partial charge in [-0.25, -0.2) is 0 Å². The van der Waals surface area contributed by atoms with Crippen molar-refractivity contribution in [2.24, 2.45) is 0 Å². The van der Waals surface area contributed by atoms with Crippen LogP contribution in [0.5, 0.6) is 5.75 Å². The smallest absolute Gasteiger partial charge is 0.246 e. The molecule has 0 saturated carbocycles. The highest BCUT2D eigenvalue weighted by Crippen LogP contribution is 2.21. The van der Waals surface area contributed by atoms with Gasteiger partial charge in [-0.15, -0.1) is 0 Å². The van der Waals surface area contributed by atoms with Crippen molar-refractivity contribution in [1.29, 1.82) is 0 Å². The predicted molar refractivity (Wildman–Crippen MR) is 95.7 cm³/mol. The molecule has 0 aliphatic rings. The maximum absolute atomic E-state index is 12.4. The number of methoxy groups -OCH3 is 1. The van der Waals surface area contributed by atoms with Gasteiger partial charge in [-0.05, 0) is 24.6 Å². The highest BCUT2D eigenvalue weighted by Gasteiger charge is 2.22. The van der Waals surface area contributed by atoms with E-state index in [0.29, 0.717) is 5.75 Å². The third kappa shape index (κ3) is 4.24. The molecule has 2 aromatic rings. The van der Waals surface area contributed by atoms with E-state index in [2.05, 4.69) is 0 Å². The minimum Gasteiger partial charge on any atom is -0.496 e. The number of aliphatic hydroxyl groups is 1. The minimum atomic E-state index is -0.736. The summed E-state index contributed by atoms with van der Waals surface area (Å²) in [5.74, 6) is 0.532. The fourth-order valence-corrected chi connectivity index (χ4v) is 2.42. The molecule has 2 unspecified atom stereocenters. The SMILES string of the molecule is COc1ccccc1/C=C/C(=O)N(C)C(C)C(O)c1ccccc1. The van der Waals surface area contributed by atoms with Crippen molar-refractivity contribution in [3.63, 3.8) is 0 Å². The van der Waals surface area contributed by atoms with E-state index in [-0.39, 0.29) is 11.9 Å². The number of para-hydroxylation sites is 1. The number of hydrogen-bond donors (Lipinski definition) is 1. The van der Waals surface area contributed by atoms with Crippen LogP contribution >= 0.6 is 0 Å². The molecule has 0 fully saturated rings. The topological polar surface area (TPSA) is 49.8 Å². The second kappa shape index (κ2) is 8.31. The summed E-state index contributed by atoms with van der Waals surface area (Å²) in [5.41, 5.74) is 1.62. The summed E-state index contributed by atoms with van der Waals surface area (Å²) in [6.45, 7) is 1.83. The molecule has 126 valence electrons. The molecule has 0 saturated heterocycles. The molecule has 0 aromatic heterocycles. The Labute approximate surface area is 143 Å². The average Bonchev–Trinajstić information content (AvgIpc) is 2.65. The van der Waals surface area contributed by atoms with Crippen molar-refractivity contribution >= 4 is 12.0 Å². The Hall–Kier alpha value is -2.59. The van der Waals surface area contributed by atoms with Gasteiger partial charge >= 0.3 is 0 Å². The van der Waals surface area contributed by atoms with Crippen molar-refractivity contribution in [3.05, 3.63) is 71.8 Å². The number of benzene rings is 2. The second-order valence-corrected chi connectivity index (χ2v) is 5.62. The summed E-state index contributed by atoms with van der Waals surface area (Å²) in [6, 6.07) is 16.5. The molecule has 0 aliphatic heterocycles. The molecule has 0 spiro atoms. The molecule has 2 aromatic carbocycles. The Bertz CT molecular complexity index is 697. The van der Waals surface area contributed by atoms with Crippen LogP contribution in [0.3, 0.4) is 0 Å². The van der Waals surface area contributed by atoms with Gasteiger partial charge in [0.25, 0.3) is 0 Å². The van der Waals surface area contributed by atoms with Gasteiger partial charge in [-0.3, -0.25) is 4.79 Å². The average molecular weight is 325 g/mol. The largest absolute Gasteiger partial charge is 0.496 e. The van der Waals surface area contributed by atoms with E-state index in [1.807, 2.05) is 61.5 Å². The highest BCUT2D eigenvalue weighted by molar-refractivity contribution is 5.92. The zero-order valence-corrected chi connectivity index (χ0v) is 14.2. The highest BCUT2D eigenvalue weighted by atomic mass is 16.5. The van der Waals surface area contributed by atoms with Crippen LogP contribution in [0.15, 0.2) is 60.7 Å². The van der Waals surface area contributed by atoms with E-state index in [4.69, 9.17) is 4.74 Å². The predicted octanol–water partition coefficient (Wildman–Crippen LogP) is 3.29. The van der Waals surface area contributed by atoms with Crippen LogP contribution < -0.4 is 4.74 Å². The van der Waals surface area contributed by atoms with Gasteiger partial charge < -0.3 is 14.7 Å². The Balaban J connectivity index is 2.07. The first-order valence-electron chi connectivity index (χ1n) is 7.85. The maximum Gasteiger partial charge on any atom is 0.246 e. The number of rotatable bonds is 6. The molecule has 0 bridgehead atoms. The summed E-state index contributed by atoms with van der Waals surface area (Å²) < 4.78 is 5.27. The number of amides is 1. The minimum absolute atomic E-state index is 0.177. The number of likely N-dealkylation sites (N-methyl/N-ethyl adjacent to an activating group) is 1. The van der Waals surface area contributed by atoms with E-state index in [9.17, 15) is 9.90 Å². The number of carbonyl (C=O) groups is 1. The lowest BCUT2D eigenvalue weighted by Crippen LogP contribution is -2.38. The first-order chi connectivity index (χ1) is 11.5. The van der Waals surface area contributed by atoms with Gasteiger partial charge in [-0.1, -0.05) is 48.5 Å². The standard InChI is InChI=1S/C20H23NO3/c1-15(20(23)17-10-5-4-6-11-17)21(2)19(22)14-13-16-9-7-8-12-18(16)24-3/h4-15,20,23H,1-3H3/b14-13+. The van der Waals surface area contributed by atoms with Gasteiger partial charge in [0.2, 0.25) is 5.91 Å². The number of carbonyl (C=O) groups excluding carboxylic acids is 1. The normalized spacial score (nSPS) is 13.5. The Kier molecular flexibility index (Phi) is 6.15. The van der Waals surface area contributed by atoms with Gasteiger partial charge in [0.1, 0.15) is 5.75 Å². The molecule has 0 radical (unpaired) electrons. The maximum atomic E-state index is 12.4. The molecule has 1 amide bonds. The lowest BCUT2D eigenvalue weighted by molar-refractivity contribution is -0.128. The molecular formula is C20H23NO3. The van der Waals surface area contributed by atoms with Crippen molar-refractivity contribution in [3.8, 4) is 5.75 Å². The van der Waals surface area contributed by atoms with Crippen molar-refractivity contribution in [2.75, 3.05) is 14.2 Å². The summed E-state index contributed by atoms with van der Waals surface area (Å²) in [6.07, 6.45) is 2.48. The van der Waals surface area contributed by atoms with Crippen LogP contribution in [-0.4, -0.2) is 36.1 Å². The van der Waals surface area contributed by atoms with Crippen LogP contribution in [0.4, 0.5) is 0 Å². The van der Waals surface area contributed by atoms with Gasteiger partial charge in [-0.2, -0.15) is 0 Å². The summed E-state index contributed by atoms with van der Waals surface area (Å²) >= 11 is 0. The van der Waals surface area contributed by atoms with Crippen molar-refractivity contribution < 1.29 is 14.6 Å². The fourth-order valence-electron chi connectivity index (χ4n) is 2.42. The van der Waals surface area contributed by atoms with E-state index < -0.39 is 6.10 Å². The van der Waals surface area contributed by atoms with E-state index in [1.54, 1.807) is 20.2 Å². The summed E-state index contributed by atoms with van der Waals surface area (Å²) in [4.78, 5) is 13.9. The fraction of sp³-hybridized carbons (Fsp3) is 0.250. The van der Waals surface area contributed by atoms with Crippen LogP contribution in [0.1, 0.15) is 24.2 Å². The molecule has 0 heterocycles. The monoisotopic (exact) mass is 325 g/mol. The quantitative estimate of drug-likeness (QED) is 0.829. The third-order valence-corrected chi connectivity index (χ3v) is 4.10. The van der Waals surface area contributed by atoms with Crippen LogP contribution in [-0.2, 0) is 4.79 Å². The lowest BCUT2D eigenvalue weighted by Gasteiger charge is -2.28. The molecule has 0 aliphatic carbocycles. The molecule has 4 nitrogen and oxygen atoms in total.